The summed E-state index contributed by atoms with van der Waals surface area (Å²) in [7, 11) is 0. The number of rotatable bonds is 2. The van der Waals surface area contributed by atoms with Crippen molar-refractivity contribution in [2.24, 2.45) is 0 Å². The van der Waals surface area contributed by atoms with Gasteiger partial charge >= 0.3 is 0 Å². The number of hydrogen-bond acceptors (Lipinski definition) is 2. The van der Waals surface area contributed by atoms with Crippen LogP contribution < -0.4 is 0 Å². The van der Waals surface area contributed by atoms with E-state index in [-0.39, 0.29) is 23.5 Å². The molecule has 0 saturated heterocycles. The van der Waals surface area contributed by atoms with Crippen LogP contribution in [0.15, 0.2) is 18.2 Å². The van der Waals surface area contributed by atoms with E-state index in [2.05, 4.69) is 11.8 Å². The summed E-state index contributed by atoms with van der Waals surface area (Å²) in [6, 6.07) is 4.52. The Kier molecular flexibility index (Phi) is 4.02. The Bertz CT molecular complexity index is 427. The van der Waals surface area contributed by atoms with Crippen molar-refractivity contribution in [1.82, 2.24) is 0 Å². The zero-order valence-corrected chi connectivity index (χ0v) is 8.38. The molecule has 0 aromatic heterocycles. The topological polar surface area (TPSA) is 37.3 Å². The highest BCUT2D eigenvalue weighted by Crippen LogP contribution is 2.12. The average Bonchev–Trinajstić information content (AvgIpc) is 2.20. The molecule has 1 N–H and O–H groups in total. The number of aliphatic hydroxyl groups is 1. The molecule has 1 aromatic carbocycles. The first-order valence-corrected chi connectivity index (χ1v) is 4.56. The highest BCUT2D eigenvalue weighted by Gasteiger charge is 2.09. The molecule has 3 heteroatoms. The van der Waals surface area contributed by atoms with E-state index in [9.17, 15) is 9.18 Å². The monoisotopic (exact) mass is 206 g/mol. The van der Waals surface area contributed by atoms with Crippen LogP contribution in [0.5, 0.6) is 0 Å². The first-order valence-electron chi connectivity index (χ1n) is 4.56. The fourth-order valence-electron chi connectivity index (χ4n) is 1.11. The number of carbonyl (C=O) groups is 1. The zero-order valence-electron chi connectivity index (χ0n) is 8.38. The molecule has 0 unspecified atom stereocenters. The lowest BCUT2D eigenvalue weighted by Gasteiger charge is -1.99. The molecule has 0 heterocycles. The molecule has 0 radical (unpaired) electrons. The highest BCUT2D eigenvalue weighted by atomic mass is 19.1. The van der Waals surface area contributed by atoms with Gasteiger partial charge in [0, 0.05) is 6.42 Å². The molecule has 1 aromatic rings. The third kappa shape index (κ3) is 2.90. The minimum Gasteiger partial charge on any atom is -0.395 e. The predicted molar refractivity (Wildman–Crippen MR) is 55.0 cm³/mol. The molecule has 0 atom stereocenters. The van der Waals surface area contributed by atoms with Crippen LogP contribution in [-0.4, -0.2) is 17.5 Å². The number of benzene rings is 1. The van der Waals surface area contributed by atoms with Gasteiger partial charge in [-0.25, -0.2) is 4.39 Å². The van der Waals surface area contributed by atoms with Gasteiger partial charge in [0.15, 0.2) is 5.78 Å². The Morgan fingerprint density at radius 3 is 2.87 bits per heavy atom. The molecule has 0 bridgehead atoms. The van der Waals surface area contributed by atoms with Gasteiger partial charge in [-0.2, -0.15) is 0 Å². The van der Waals surface area contributed by atoms with Crippen LogP contribution in [-0.2, 0) is 0 Å². The van der Waals surface area contributed by atoms with Crippen molar-refractivity contribution in [3.8, 4) is 11.8 Å². The molecule has 78 valence electrons. The lowest BCUT2D eigenvalue weighted by Crippen LogP contribution is -1.98. The normalized spacial score (nSPS) is 9.27. The molecular weight excluding hydrogens is 195 g/mol. The largest absolute Gasteiger partial charge is 0.395 e. The van der Waals surface area contributed by atoms with Crippen molar-refractivity contribution >= 4 is 5.78 Å². The van der Waals surface area contributed by atoms with Gasteiger partial charge in [-0.3, -0.25) is 4.79 Å². The number of carbonyl (C=O) groups excluding carboxylic acids is 1. The summed E-state index contributed by atoms with van der Waals surface area (Å²) in [6.07, 6.45) is 0.295. The zero-order chi connectivity index (χ0) is 11.3. The van der Waals surface area contributed by atoms with E-state index in [1.807, 2.05) is 0 Å². The first kappa shape index (κ1) is 11.4. The van der Waals surface area contributed by atoms with Crippen LogP contribution in [0, 0.1) is 17.7 Å². The molecule has 0 fully saturated rings. The summed E-state index contributed by atoms with van der Waals surface area (Å²) in [5.74, 6) is 4.27. The minimum atomic E-state index is -0.588. The third-order valence-electron chi connectivity index (χ3n) is 1.84. The highest BCUT2D eigenvalue weighted by molar-refractivity contribution is 5.94. The maximum Gasteiger partial charge on any atom is 0.162 e. The summed E-state index contributed by atoms with van der Waals surface area (Å²) in [6.45, 7) is 1.25. The second-order valence-corrected chi connectivity index (χ2v) is 3.00. The number of ketones is 1. The lowest BCUT2D eigenvalue weighted by molar-refractivity contribution is 0.101. The van der Waals surface area contributed by atoms with Gasteiger partial charge in [0.1, 0.15) is 5.82 Å². The Balaban J connectivity index is 3.06. The van der Waals surface area contributed by atoms with Crippen LogP contribution in [0.3, 0.4) is 0 Å². The number of halogens is 1. The van der Waals surface area contributed by atoms with Crippen molar-refractivity contribution in [1.29, 1.82) is 0 Å². The maximum atomic E-state index is 13.6. The summed E-state index contributed by atoms with van der Waals surface area (Å²) in [5, 5.41) is 8.51. The second-order valence-electron chi connectivity index (χ2n) is 3.00. The van der Waals surface area contributed by atoms with Crippen molar-refractivity contribution < 1.29 is 14.3 Å². The molecule has 0 saturated carbocycles. The fourth-order valence-corrected chi connectivity index (χ4v) is 1.11. The fraction of sp³-hybridized carbons (Fsp3) is 0.250. The SMILES string of the molecule is CC(=O)c1cccc(C#CCCO)c1F. The molecule has 1 rings (SSSR count). The van der Waals surface area contributed by atoms with Crippen molar-refractivity contribution in [3.63, 3.8) is 0 Å². The van der Waals surface area contributed by atoms with Gasteiger partial charge < -0.3 is 5.11 Å². The van der Waals surface area contributed by atoms with Crippen LogP contribution in [0.25, 0.3) is 0 Å². The Morgan fingerprint density at radius 1 is 1.53 bits per heavy atom. The summed E-state index contributed by atoms with van der Waals surface area (Å²) >= 11 is 0. The molecule has 0 aliphatic carbocycles. The van der Waals surface area contributed by atoms with Crippen LogP contribution in [0.1, 0.15) is 29.3 Å². The summed E-state index contributed by atoms with van der Waals surface area (Å²) in [4.78, 5) is 11.0. The van der Waals surface area contributed by atoms with Crippen LogP contribution >= 0.6 is 0 Å². The maximum absolute atomic E-state index is 13.6. The van der Waals surface area contributed by atoms with Gasteiger partial charge in [0.25, 0.3) is 0 Å². The van der Waals surface area contributed by atoms with E-state index in [1.54, 1.807) is 6.07 Å². The molecule has 0 aliphatic heterocycles. The van der Waals surface area contributed by atoms with Crippen molar-refractivity contribution in [2.75, 3.05) is 6.61 Å². The van der Waals surface area contributed by atoms with Gasteiger partial charge in [0.2, 0.25) is 0 Å². The van der Waals surface area contributed by atoms with Crippen molar-refractivity contribution in [3.05, 3.63) is 35.1 Å². The molecule has 0 amide bonds. The third-order valence-corrected chi connectivity index (χ3v) is 1.84. The van der Waals surface area contributed by atoms with Crippen LogP contribution in [0.2, 0.25) is 0 Å². The van der Waals surface area contributed by atoms with Gasteiger partial charge in [0.05, 0.1) is 17.7 Å². The Hall–Kier alpha value is -1.66. The average molecular weight is 206 g/mol. The number of Topliss-reactive ketones (excluding diaryl/α,β-unsaturated/α-hetero) is 1. The second kappa shape index (κ2) is 5.28. The number of hydrogen-bond donors (Lipinski definition) is 1. The quantitative estimate of drug-likeness (QED) is 0.591. The van der Waals surface area contributed by atoms with Crippen molar-refractivity contribution in [2.45, 2.75) is 13.3 Å². The molecule has 0 aliphatic rings. The van der Waals surface area contributed by atoms with E-state index in [1.165, 1.54) is 19.1 Å². The van der Waals surface area contributed by atoms with E-state index >= 15 is 0 Å². The number of aliphatic hydroxyl groups excluding tert-OH is 1. The standard InChI is InChI=1S/C12H11FO2/c1-9(15)11-7-4-6-10(12(11)13)5-2-3-8-14/h4,6-7,14H,3,8H2,1H3. The van der Waals surface area contributed by atoms with E-state index in [0.29, 0.717) is 6.42 Å². The molecule has 0 spiro atoms. The van der Waals surface area contributed by atoms with Gasteiger partial charge in [-0.1, -0.05) is 17.9 Å². The van der Waals surface area contributed by atoms with Gasteiger partial charge in [-0.05, 0) is 19.1 Å². The Labute approximate surface area is 87.7 Å². The Morgan fingerprint density at radius 2 is 2.27 bits per heavy atom. The molecule has 15 heavy (non-hydrogen) atoms. The smallest absolute Gasteiger partial charge is 0.162 e. The minimum absolute atomic E-state index is 0.0470. The molecular formula is C12H11FO2. The lowest BCUT2D eigenvalue weighted by atomic mass is 10.1. The summed E-state index contributed by atoms with van der Waals surface area (Å²) < 4.78 is 13.6. The predicted octanol–water partition coefficient (Wildman–Crippen LogP) is 1.76. The van der Waals surface area contributed by atoms with E-state index in [0.717, 1.165) is 0 Å². The van der Waals surface area contributed by atoms with E-state index in [4.69, 9.17) is 5.11 Å². The van der Waals surface area contributed by atoms with Gasteiger partial charge in [-0.15, -0.1) is 0 Å². The first-order chi connectivity index (χ1) is 7.16. The summed E-state index contributed by atoms with van der Waals surface area (Å²) in [5.41, 5.74) is 0.238. The van der Waals surface area contributed by atoms with E-state index < -0.39 is 5.82 Å². The molecule has 2 nitrogen and oxygen atoms in total. The van der Waals surface area contributed by atoms with Crippen LogP contribution in [0.4, 0.5) is 4.39 Å².